The summed E-state index contributed by atoms with van der Waals surface area (Å²) in [5.74, 6) is 1.11. The highest BCUT2D eigenvalue weighted by molar-refractivity contribution is 9.10. The maximum absolute atomic E-state index is 12.7. The van der Waals surface area contributed by atoms with E-state index >= 15 is 0 Å². The highest BCUT2D eigenvalue weighted by atomic mass is 79.9. The van der Waals surface area contributed by atoms with E-state index in [2.05, 4.69) is 42.7 Å². The van der Waals surface area contributed by atoms with E-state index in [1.165, 1.54) is 0 Å². The maximum Gasteiger partial charge on any atom is 0.317 e. The van der Waals surface area contributed by atoms with Gasteiger partial charge in [0.1, 0.15) is 5.82 Å². The predicted octanol–water partition coefficient (Wildman–Crippen LogP) is 5.89. The Balaban J connectivity index is 1.24. The molecule has 36 heavy (non-hydrogen) atoms. The van der Waals surface area contributed by atoms with Crippen LogP contribution < -0.4 is 10.6 Å². The molecule has 0 bridgehead atoms. The number of hydrogen-bond donors (Lipinski definition) is 2. The molecule has 0 saturated carbocycles. The van der Waals surface area contributed by atoms with Gasteiger partial charge in [0.05, 0.1) is 10.7 Å². The molecule has 0 radical (unpaired) electrons. The van der Waals surface area contributed by atoms with Crippen LogP contribution in [0.1, 0.15) is 35.6 Å². The molecule has 1 aliphatic heterocycles. The fraction of sp³-hybridized carbons (Fsp3) is 0.280. The summed E-state index contributed by atoms with van der Waals surface area (Å²) in [6.07, 6.45) is 7.00. The van der Waals surface area contributed by atoms with E-state index in [-0.39, 0.29) is 11.9 Å². The molecule has 0 unspecified atom stereocenters. The van der Waals surface area contributed by atoms with Crippen LogP contribution in [0.5, 0.6) is 0 Å². The molecule has 1 aromatic carbocycles. The van der Waals surface area contributed by atoms with Gasteiger partial charge >= 0.3 is 6.03 Å². The molecule has 11 heteroatoms. The number of rotatable bonds is 6. The second-order valence-electron chi connectivity index (χ2n) is 8.66. The summed E-state index contributed by atoms with van der Waals surface area (Å²) in [6, 6.07) is 11.2. The van der Waals surface area contributed by atoms with Gasteiger partial charge in [0.25, 0.3) is 0 Å². The van der Waals surface area contributed by atoms with Crippen LogP contribution in [0.4, 0.5) is 10.6 Å². The first-order valence-corrected chi connectivity index (χ1v) is 13.2. The van der Waals surface area contributed by atoms with Crippen LogP contribution in [-0.4, -0.2) is 43.6 Å². The van der Waals surface area contributed by atoms with Crippen molar-refractivity contribution >= 4 is 56.6 Å². The van der Waals surface area contributed by atoms with Crippen LogP contribution >= 0.6 is 39.1 Å². The van der Waals surface area contributed by atoms with Crippen LogP contribution in [0.15, 0.2) is 59.5 Å². The fourth-order valence-electron chi connectivity index (χ4n) is 4.31. The predicted molar refractivity (Wildman–Crippen MR) is 144 cm³/mol. The summed E-state index contributed by atoms with van der Waals surface area (Å²) in [7, 11) is 0. The van der Waals surface area contributed by atoms with Crippen LogP contribution in [-0.2, 0) is 13.1 Å². The number of fused-ring (bicyclic) bond motifs is 1. The Labute approximate surface area is 227 Å². The zero-order valence-electron chi connectivity index (χ0n) is 19.3. The molecule has 2 amide bonds. The first kappa shape index (κ1) is 24.8. The van der Waals surface area contributed by atoms with Crippen LogP contribution in [0.3, 0.4) is 0 Å². The van der Waals surface area contributed by atoms with Gasteiger partial charge in [0.15, 0.2) is 5.65 Å². The van der Waals surface area contributed by atoms with Crippen molar-refractivity contribution in [3.05, 3.63) is 86.3 Å². The quantitative estimate of drug-likeness (QED) is 0.293. The SMILES string of the molecule is O=C(NCc1ccc(Cl)cc1Cl)N1CCC(c2cc(NCc3cccnc3)n3ncc(Br)c3n2)CC1. The molecule has 0 spiro atoms. The fourth-order valence-corrected chi connectivity index (χ4v) is 5.13. The summed E-state index contributed by atoms with van der Waals surface area (Å²) >= 11 is 15.8. The Morgan fingerprint density at radius 2 is 1.94 bits per heavy atom. The number of piperidine rings is 1. The third-order valence-electron chi connectivity index (χ3n) is 6.29. The molecule has 8 nitrogen and oxygen atoms in total. The first-order chi connectivity index (χ1) is 17.5. The summed E-state index contributed by atoms with van der Waals surface area (Å²) in [5, 5.41) is 12.0. The van der Waals surface area contributed by atoms with Crippen LogP contribution in [0.2, 0.25) is 10.0 Å². The number of anilines is 1. The molecule has 3 aromatic heterocycles. The van der Waals surface area contributed by atoms with Crippen molar-refractivity contribution in [3.8, 4) is 0 Å². The summed E-state index contributed by atoms with van der Waals surface area (Å²) in [5.41, 5.74) is 3.67. The maximum atomic E-state index is 12.7. The number of nitrogens with one attached hydrogen (secondary N) is 2. The molecule has 1 fully saturated rings. The average molecular weight is 589 g/mol. The number of nitrogens with zero attached hydrogens (tertiary/aromatic N) is 5. The smallest absolute Gasteiger partial charge is 0.317 e. The second kappa shape index (κ2) is 11.0. The van der Waals surface area contributed by atoms with Crippen LogP contribution in [0.25, 0.3) is 5.65 Å². The minimum atomic E-state index is -0.0970. The van der Waals surface area contributed by atoms with Gasteiger partial charge < -0.3 is 15.5 Å². The van der Waals surface area contributed by atoms with Crippen molar-refractivity contribution in [2.45, 2.75) is 31.8 Å². The lowest BCUT2D eigenvalue weighted by Gasteiger charge is -2.32. The molecule has 1 aliphatic rings. The van der Waals surface area contributed by atoms with E-state index in [1.807, 2.05) is 29.3 Å². The van der Waals surface area contributed by atoms with Gasteiger partial charge in [-0.25, -0.2) is 9.78 Å². The number of hydrogen-bond acceptors (Lipinski definition) is 5. The zero-order valence-corrected chi connectivity index (χ0v) is 22.4. The zero-order chi connectivity index (χ0) is 25.1. The number of urea groups is 1. The second-order valence-corrected chi connectivity index (χ2v) is 10.4. The Morgan fingerprint density at radius 3 is 2.69 bits per heavy atom. The molecule has 1 saturated heterocycles. The van der Waals surface area contributed by atoms with Crippen molar-refractivity contribution in [1.82, 2.24) is 29.8 Å². The average Bonchev–Trinajstić information content (AvgIpc) is 3.28. The molecule has 5 rings (SSSR count). The normalized spacial score (nSPS) is 14.2. The molecule has 186 valence electrons. The molecule has 2 N–H and O–H groups in total. The minimum absolute atomic E-state index is 0.0970. The number of benzene rings is 1. The van der Waals surface area contributed by atoms with E-state index in [0.29, 0.717) is 36.2 Å². The lowest BCUT2D eigenvalue weighted by molar-refractivity contribution is 0.180. The van der Waals surface area contributed by atoms with E-state index < -0.39 is 0 Å². The monoisotopic (exact) mass is 587 g/mol. The van der Waals surface area contributed by atoms with Crippen molar-refractivity contribution in [3.63, 3.8) is 0 Å². The third kappa shape index (κ3) is 5.58. The highest BCUT2D eigenvalue weighted by Crippen LogP contribution is 2.31. The highest BCUT2D eigenvalue weighted by Gasteiger charge is 2.26. The lowest BCUT2D eigenvalue weighted by atomic mass is 9.93. The first-order valence-electron chi connectivity index (χ1n) is 11.6. The minimum Gasteiger partial charge on any atom is -0.366 e. The van der Waals surface area contributed by atoms with Crippen molar-refractivity contribution in [1.29, 1.82) is 0 Å². The van der Waals surface area contributed by atoms with E-state index in [0.717, 1.165) is 45.6 Å². The summed E-state index contributed by atoms with van der Waals surface area (Å²) in [6.45, 7) is 2.28. The topological polar surface area (TPSA) is 87.5 Å². The van der Waals surface area contributed by atoms with Gasteiger partial charge in [-0.15, -0.1) is 0 Å². The molecule has 0 aliphatic carbocycles. The van der Waals surface area contributed by atoms with Gasteiger partial charge in [-0.2, -0.15) is 9.61 Å². The molecule has 4 aromatic rings. The number of halogens is 3. The van der Waals surface area contributed by atoms with Gasteiger partial charge in [-0.05, 0) is 58.1 Å². The van der Waals surface area contributed by atoms with Crippen molar-refractivity contribution in [2.75, 3.05) is 18.4 Å². The van der Waals surface area contributed by atoms with E-state index in [1.54, 1.807) is 29.0 Å². The lowest BCUT2D eigenvalue weighted by Crippen LogP contribution is -2.44. The van der Waals surface area contributed by atoms with Crippen LogP contribution in [0, 0.1) is 0 Å². The number of carbonyl (C=O) groups is 1. The van der Waals surface area contributed by atoms with Crippen molar-refractivity contribution in [2.24, 2.45) is 0 Å². The van der Waals surface area contributed by atoms with Gasteiger partial charge in [0.2, 0.25) is 0 Å². The molecule has 0 atom stereocenters. The van der Waals surface area contributed by atoms with E-state index in [9.17, 15) is 4.79 Å². The number of likely N-dealkylation sites (tertiary alicyclic amines) is 1. The number of aromatic nitrogens is 4. The van der Waals surface area contributed by atoms with Gasteiger partial charge in [0, 0.05) is 66.3 Å². The van der Waals surface area contributed by atoms with E-state index in [4.69, 9.17) is 28.2 Å². The molecular formula is C25H24BrCl2N7O. The van der Waals surface area contributed by atoms with Gasteiger partial charge in [-0.1, -0.05) is 35.3 Å². The Morgan fingerprint density at radius 1 is 1.11 bits per heavy atom. The largest absolute Gasteiger partial charge is 0.366 e. The third-order valence-corrected chi connectivity index (χ3v) is 7.44. The Bertz CT molecular complexity index is 1370. The Kier molecular flexibility index (Phi) is 7.59. The Hall–Kier alpha value is -2.88. The summed E-state index contributed by atoms with van der Waals surface area (Å²) in [4.78, 5) is 23.7. The van der Waals surface area contributed by atoms with Crippen molar-refractivity contribution < 1.29 is 4.79 Å². The summed E-state index contributed by atoms with van der Waals surface area (Å²) < 4.78 is 2.64. The number of amides is 2. The standard InChI is InChI=1S/C25H24BrCl2N7O/c26-20-15-32-35-23(30-13-16-2-1-7-29-12-16)11-22(33-24(20)35)17-5-8-34(9-6-17)25(36)31-14-18-3-4-19(27)10-21(18)28/h1-4,7,10-12,15,17,30H,5-6,8-9,13-14H2,(H,31,36). The number of carbonyl (C=O) groups excluding carboxylic acids is 1. The molecule has 4 heterocycles. The number of pyridine rings is 1. The van der Waals surface area contributed by atoms with Gasteiger partial charge in [-0.3, -0.25) is 4.98 Å². The molecular weight excluding hydrogens is 565 g/mol.